The standard InChI is InChI=1S/C19H22N2O5S/c1-14(15-5-3-2-4-6-15)20-27(24,25)18-13-16(19(22)23)7-8-17(18)21-9-11-26-12-10-21/h2-8,13-14,20H,9-12H2,1H3,(H,22,23)/t14-/m1/s1. The van der Waals surface area contributed by atoms with Crippen LogP contribution in [-0.2, 0) is 14.8 Å². The summed E-state index contributed by atoms with van der Waals surface area (Å²) >= 11 is 0. The van der Waals surface area contributed by atoms with Crippen molar-refractivity contribution in [3.05, 3.63) is 59.7 Å². The van der Waals surface area contributed by atoms with Crippen molar-refractivity contribution in [1.29, 1.82) is 0 Å². The number of carbonyl (C=O) groups is 1. The number of rotatable bonds is 6. The molecule has 2 aromatic rings. The van der Waals surface area contributed by atoms with Gasteiger partial charge >= 0.3 is 5.97 Å². The number of nitrogens with zero attached hydrogens (tertiary/aromatic N) is 1. The van der Waals surface area contributed by atoms with Crippen LogP contribution < -0.4 is 9.62 Å². The molecule has 0 unspecified atom stereocenters. The minimum absolute atomic E-state index is 0.0351. The summed E-state index contributed by atoms with van der Waals surface area (Å²) in [6, 6.07) is 12.9. The molecule has 1 saturated heterocycles. The van der Waals surface area contributed by atoms with Crippen LogP contribution in [0.3, 0.4) is 0 Å². The smallest absolute Gasteiger partial charge is 0.335 e. The van der Waals surface area contributed by atoms with E-state index in [2.05, 4.69) is 4.72 Å². The number of benzene rings is 2. The van der Waals surface area contributed by atoms with Crippen molar-refractivity contribution in [2.75, 3.05) is 31.2 Å². The highest BCUT2D eigenvalue weighted by Crippen LogP contribution is 2.29. The van der Waals surface area contributed by atoms with E-state index in [1.54, 1.807) is 13.0 Å². The molecule has 7 nitrogen and oxygen atoms in total. The molecule has 2 aromatic carbocycles. The predicted molar refractivity (Wildman–Crippen MR) is 102 cm³/mol. The van der Waals surface area contributed by atoms with Gasteiger partial charge in [0.2, 0.25) is 10.0 Å². The van der Waals surface area contributed by atoms with E-state index in [4.69, 9.17) is 4.74 Å². The van der Waals surface area contributed by atoms with E-state index in [-0.39, 0.29) is 10.5 Å². The minimum atomic E-state index is -3.94. The van der Waals surface area contributed by atoms with Gasteiger partial charge in [-0.2, -0.15) is 0 Å². The quantitative estimate of drug-likeness (QED) is 0.786. The average Bonchev–Trinajstić information content (AvgIpc) is 2.68. The topological polar surface area (TPSA) is 95.9 Å². The fourth-order valence-corrected chi connectivity index (χ4v) is 4.52. The van der Waals surface area contributed by atoms with E-state index >= 15 is 0 Å². The maximum atomic E-state index is 13.1. The van der Waals surface area contributed by atoms with Gasteiger partial charge in [-0.05, 0) is 30.7 Å². The second-order valence-corrected chi connectivity index (χ2v) is 8.02. The van der Waals surface area contributed by atoms with Crippen molar-refractivity contribution in [3.8, 4) is 0 Å². The first-order valence-electron chi connectivity index (χ1n) is 8.66. The van der Waals surface area contributed by atoms with Crippen molar-refractivity contribution in [2.45, 2.75) is 17.9 Å². The Bertz CT molecular complexity index is 909. The summed E-state index contributed by atoms with van der Waals surface area (Å²) in [7, 11) is -3.94. The Hall–Kier alpha value is -2.42. The fraction of sp³-hybridized carbons (Fsp3) is 0.316. The van der Waals surface area contributed by atoms with Crippen LogP contribution in [0.2, 0.25) is 0 Å². The molecule has 0 radical (unpaired) electrons. The summed E-state index contributed by atoms with van der Waals surface area (Å²) in [5.74, 6) is -1.17. The molecule has 1 fully saturated rings. The second kappa shape index (κ2) is 8.08. The Balaban J connectivity index is 1.98. The third-order valence-electron chi connectivity index (χ3n) is 4.48. The average molecular weight is 390 g/mol. The van der Waals surface area contributed by atoms with Crippen LogP contribution in [0.25, 0.3) is 0 Å². The third kappa shape index (κ3) is 4.47. The van der Waals surface area contributed by atoms with E-state index in [1.165, 1.54) is 12.1 Å². The maximum Gasteiger partial charge on any atom is 0.335 e. The largest absolute Gasteiger partial charge is 0.478 e. The first kappa shape index (κ1) is 19.3. The molecule has 0 saturated carbocycles. The van der Waals surface area contributed by atoms with Crippen molar-refractivity contribution in [2.24, 2.45) is 0 Å². The van der Waals surface area contributed by atoms with Crippen LogP contribution >= 0.6 is 0 Å². The highest BCUT2D eigenvalue weighted by molar-refractivity contribution is 7.89. The first-order chi connectivity index (χ1) is 12.9. The van der Waals surface area contributed by atoms with Crippen LogP contribution in [0.15, 0.2) is 53.4 Å². The van der Waals surface area contributed by atoms with Gasteiger partial charge < -0.3 is 14.7 Å². The van der Waals surface area contributed by atoms with Crippen molar-refractivity contribution < 1.29 is 23.1 Å². The summed E-state index contributed by atoms with van der Waals surface area (Å²) in [5, 5.41) is 9.29. The molecule has 2 N–H and O–H groups in total. The number of aromatic carboxylic acids is 1. The maximum absolute atomic E-state index is 13.1. The zero-order valence-electron chi connectivity index (χ0n) is 15.0. The molecule has 0 aromatic heterocycles. The number of nitrogens with one attached hydrogen (secondary N) is 1. The lowest BCUT2D eigenvalue weighted by atomic mass is 10.1. The lowest BCUT2D eigenvalue weighted by molar-refractivity contribution is 0.0696. The Kier molecular flexibility index (Phi) is 5.79. The highest BCUT2D eigenvalue weighted by Gasteiger charge is 2.26. The third-order valence-corrected chi connectivity index (χ3v) is 6.05. The molecule has 8 heteroatoms. The van der Waals surface area contributed by atoms with E-state index < -0.39 is 22.0 Å². The number of morpholine rings is 1. The summed E-state index contributed by atoms with van der Waals surface area (Å²) < 4.78 is 34.2. The Labute approximate surface area is 158 Å². The van der Waals surface area contributed by atoms with Crippen molar-refractivity contribution in [3.63, 3.8) is 0 Å². The monoisotopic (exact) mass is 390 g/mol. The Morgan fingerprint density at radius 3 is 2.44 bits per heavy atom. The van der Waals surface area contributed by atoms with Gasteiger partial charge in [0, 0.05) is 19.1 Å². The first-order valence-corrected chi connectivity index (χ1v) is 10.1. The number of hydrogen-bond donors (Lipinski definition) is 2. The van der Waals surface area contributed by atoms with Crippen LogP contribution in [0, 0.1) is 0 Å². The van der Waals surface area contributed by atoms with Gasteiger partial charge in [-0.3, -0.25) is 0 Å². The summed E-state index contributed by atoms with van der Waals surface area (Å²) in [4.78, 5) is 13.2. The van der Waals surface area contributed by atoms with Gasteiger partial charge in [0.05, 0.1) is 24.5 Å². The molecule has 27 heavy (non-hydrogen) atoms. The summed E-state index contributed by atoms with van der Waals surface area (Å²) in [6.07, 6.45) is 0. The molecule has 3 rings (SSSR count). The Morgan fingerprint density at radius 1 is 1.15 bits per heavy atom. The van der Waals surface area contributed by atoms with E-state index in [9.17, 15) is 18.3 Å². The van der Waals surface area contributed by atoms with E-state index in [0.29, 0.717) is 32.0 Å². The number of carboxylic acid groups (broad SMARTS) is 1. The van der Waals surface area contributed by atoms with Crippen molar-refractivity contribution >= 4 is 21.7 Å². The molecular formula is C19H22N2O5S. The minimum Gasteiger partial charge on any atom is -0.478 e. The zero-order chi connectivity index (χ0) is 19.4. The van der Waals surface area contributed by atoms with Gasteiger partial charge in [0.15, 0.2) is 0 Å². The molecule has 1 aliphatic rings. The molecule has 0 aliphatic carbocycles. The summed E-state index contributed by atoms with van der Waals surface area (Å²) in [5.41, 5.74) is 1.24. The normalized spacial score (nSPS) is 16.1. The summed E-state index contributed by atoms with van der Waals surface area (Å²) in [6.45, 7) is 3.83. The number of carboxylic acids is 1. The van der Waals surface area contributed by atoms with Crippen molar-refractivity contribution in [1.82, 2.24) is 4.72 Å². The highest BCUT2D eigenvalue weighted by atomic mass is 32.2. The molecule has 1 atom stereocenters. The molecule has 0 amide bonds. The molecular weight excluding hydrogens is 368 g/mol. The SMILES string of the molecule is C[C@@H](NS(=O)(=O)c1cc(C(=O)O)ccc1N1CCOCC1)c1ccccc1. The Morgan fingerprint density at radius 2 is 1.81 bits per heavy atom. The molecule has 1 aliphatic heterocycles. The molecule has 0 spiro atoms. The number of ether oxygens (including phenoxy) is 1. The van der Waals surface area contributed by atoms with Gasteiger partial charge in [-0.1, -0.05) is 30.3 Å². The van der Waals surface area contributed by atoms with E-state index in [0.717, 1.165) is 5.56 Å². The molecule has 0 bridgehead atoms. The molecule has 1 heterocycles. The van der Waals surface area contributed by atoms with Crippen LogP contribution in [0.4, 0.5) is 5.69 Å². The lowest BCUT2D eigenvalue weighted by Gasteiger charge is -2.30. The number of sulfonamides is 1. The second-order valence-electron chi connectivity index (χ2n) is 6.34. The van der Waals surface area contributed by atoms with Gasteiger partial charge in [0.1, 0.15) is 4.90 Å². The van der Waals surface area contributed by atoms with E-state index in [1.807, 2.05) is 35.2 Å². The number of hydrogen-bond acceptors (Lipinski definition) is 5. The fourth-order valence-electron chi connectivity index (χ4n) is 3.03. The van der Waals surface area contributed by atoms with Gasteiger partial charge in [0.25, 0.3) is 0 Å². The van der Waals surface area contributed by atoms with Crippen LogP contribution in [-0.4, -0.2) is 45.8 Å². The van der Waals surface area contributed by atoms with Crippen LogP contribution in [0.1, 0.15) is 28.9 Å². The lowest BCUT2D eigenvalue weighted by Crippen LogP contribution is -2.38. The predicted octanol–water partition coefficient (Wildman–Crippen LogP) is 2.26. The number of anilines is 1. The van der Waals surface area contributed by atoms with Gasteiger partial charge in [-0.15, -0.1) is 0 Å². The van der Waals surface area contributed by atoms with Crippen LogP contribution in [0.5, 0.6) is 0 Å². The molecule has 144 valence electrons. The van der Waals surface area contributed by atoms with Gasteiger partial charge in [-0.25, -0.2) is 17.9 Å². The zero-order valence-corrected chi connectivity index (χ0v) is 15.8.